The molecule has 0 bridgehead atoms. The van der Waals surface area contributed by atoms with Crippen LogP contribution in [0.2, 0.25) is 0 Å². The molecule has 0 aliphatic rings. The average Bonchev–Trinajstić information content (AvgIpc) is 2.37. The number of halogens is 1. The molecule has 0 atom stereocenters. The highest BCUT2D eigenvalue weighted by Crippen LogP contribution is 2.05. The van der Waals surface area contributed by atoms with E-state index < -0.39 is 16.9 Å². The zero-order chi connectivity index (χ0) is 13.1. The van der Waals surface area contributed by atoms with Gasteiger partial charge in [-0.05, 0) is 24.3 Å². The molecule has 0 fully saturated rings. The van der Waals surface area contributed by atoms with Gasteiger partial charge < -0.3 is 0 Å². The van der Waals surface area contributed by atoms with Crippen molar-refractivity contribution < 1.29 is 4.39 Å². The van der Waals surface area contributed by atoms with Crippen LogP contribution in [0.25, 0.3) is 5.69 Å². The summed E-state index contributed by atoms with van der Waals surface area (Å²) in [5.41, 5.74) is -1.01. The van der Waals surface area contributed by atoms with Crippen molar-refractivity contribution in [3.63, 3.8) is 0 Å². The monoisotopic (exact) mass is 244 g/mol. The maximum atomic E-state index is 12.8. The highest BCUT2D eigenvalue weighted by molar-refractivity contribution is 5.31. The molecule has 4 nitrogen and oxygen atoms in total. The van der Waals surface area contributed by atoms with Crippen molar-refractivity contribution in [2.24, 2.45) is 0 Å². The molecule has 0 saturated carbocycles. The smallest absolute Gasteiger partial charge is 0.298 e. The van der Waals surface area contributed by atoms with Gasteiger partial charge >= 0.3 is 11.1 Å². The van der Waals surface area contributed by atoms with Crippen molar-refractivity contribution in [3.05, 3.63) is 63.2 Å². The molecule has 5 heteroatoms. The van der Waals surface area contributed by atoms with E-state index in [2.05, 4.69) is 5.92 Å². The first-order chi connectivity index (χ1) is 8.63. The number of hydrogen-bond donors (Lipinski definition) is 0. The molecule has 0 N–H and O–H groups in total. The minimum Gasteiger partial charge on any atom is -0.298 e. The Kier molecular flexibility index (Phi) is 3.11. The third-order valence-electron chi connectivity index (χ3n) is 2.42. The maximum absolute atomic E-state index is 12.8. The second-order valence-corrected chi connectivity index (χ2v) is 3.59. The highest BCUT2D eigenvalue weighted by Gasteiger charge is 2.05. The molecule has 2 rings (SSSR count). The van der Waals surface area contributed by atoms with Crippen LogP contribution >= 0.6 is 0 Å². The molecular weight excluding hydrogens is 235 g/mol. The Morgan fingerprint density at radius 2 is 1.78 bits per heavy atom. The standard InChI is InChI=1S/C13H9FN2O2/c1-2-7-15-8-9-16(13(18)12(15)17)11-5-3-10(14)4-6-11/h1,3-6,8-9H,7H2. The van der Waals surface area contributed by atoms with E-state index in [-0.39, 0.29) is 6.54 Å². The van der Waals surface area contributed by atoms with Crippen LogP contribution in [0, 0.1) is 18.2 Å². The number of terminal acetylenes is 1. The summed E-state index contributed by atoms with van der Waals surface area (Å²) >= 11 is 0. The largest absolute Gasteiger partial charge is 0.321 e. The molecule has 0 aliphatic heterocycles. The van der Waals surface area contributed by atoms with Crippen molar-refractivity contribution in [1.29, 1.82) is 0 Å². The summed E-state index contributed by atoms with van der Waals surface area (Å²) in [7, 11) is 0. The number of benzene rings is 1. The summed E-state index contributed by atoms with van der Waals surface area (Å²) < 4.78 is 15.1. The van der Waals surface area contributed by atoms with Crippen LogP contribution in [0.1, 0.15) is 0 Å². The fraction of sp³-hybridized carbons (Fsp3) is 0.0769. The number of rotatable bonds is 2. The van der Waals surface area contributed by atoms with Gasteiger partial charge in [-0.15, -0.1) is 6.42 Å². The van der Waals surface area contributed by atoms with Crippen LogP contribution in [0.3, 0.4) is 0 Å². The van der Waals surface area contributed by atoms with Gasteiger partial charge in [0.2, 0.25) is 0 Å². The van der Waals surface area contributed by atoms with Crippen molar-refractivity contribution in [3.8, 4) is 18.0 Å². The fourth-order valence-corrected chi connectivity index (χ4v) is 1.54. The van der Waals surface area contributed by atoms with Gasteiger partial charge in [-0.25, -0.2) is 4.39 Å². The molecule has 0 aliphatic carbocycles. The molecule has 1 aromatic carbocycles. The third kappa shape index (κ3) is 2.09. The molecule has 0 radical (unpaired) electrons. The van der Waals surface area contributed by atoms with E-state index >= 15 is 0 Å². The molecule has 18 heavy (non-hydrogen) atoms. The lowest BCUT2D eigenvalue weighted by molar-refractivity contribution is 0.627. The minimum atomic E-state index is -0.723. The lowest BCUT2D eigenvalue weighted by atomic mass is 10.3. The second-order valence-electron chi connectivity index (χ2n) is 3.59. The first-order valence-electron chi connectivity index (χ1n) is 5.15. The first kappa shape index (κ1) is 11.9. The Balaban J connectivity index is 2.58. The van der Waals surface area contributed by atoms with Crippen LogP contribution in [0.5, 0.6) is 0 Å². The second kappa shape index (κ2) is 4.72. The predicted molar refractivity (Wildman–Crippen MR) is 65.1 cm³/mol. The Bertz CT molecular complexity index is 720. The highest BCUT2D eigenvalue weighted by atomic mass is 19.1. The average molecular weight is 244 g/mol. The van der Waals surface area contributed by atoms with Crippen LogP contribution in [0.15, 0.2) is 46.2 Å². The van der Waals surface area contributed by atoms with Gasteiger partial charge in [0, 0.05) is 18.1 Å². The summed E-state index contributed by atoms with van der Waals surface area (Å²) in [6.07, 6.45) is 7.93. The zero-order valence-electron chi connectivity index (χ0n) is 9.34. The van der Waals surface area contributed by atoms with Crippen molar-refractivity contribution in [1.82, 2.24) is 9.13 Å². The Hall–Kier alpha value is -2.61. The zero-order valence-corrected chi connectivity index (χ0v) is 9.34. The molecular formula is C13H9FN2O2. The van der Waals surface area contributed by atoms with Crippen molar-refractivity contribution >= 4 is 0 Å². The summed E-state index contributed by atoms with van der Waals surface area (Å²) in [6, 6.07) is 5.27. The fourth-order valence-electron chi connectivity index (χ4n) is 1.54. The van der Waals surface area contributed by atoms with Crippen molar-refractivity contribution in [2.45, 2.75) is 6.54 Å². The van der Waals surface area contributed by atoms with E-state index in [1.807, 2.05) is 0 Å². The van der Waals surface area contributed by atoms with Crippen LogP contribution in [0.4, 0.5) is 4.39 Å². The molecule has 1 heterocycles. The lowest BCUT2D eigenvalue weighted by Gasteiger charge is -2.06. The molecule has 2 aromatic rings. The van der Waals surface area contributed by atoms with E-state index in [4.69, 9.17) is 6.42 Å². The number of aromatic nitrogens is 2. The summed E-state index contributed by atoms with van der Waals surface area (Å²) in [5.74, 6) is 1.87. The Labute approximate surface area is 102 Å². The number of nitrogens with zero attached hydrogens (tertiary/aromatic N) is 2. The van der Waals surface area contributed by atoms with E-state index in [0.29, 0.717) is 5.69 Å². The predicted octanol–water partition coefficient (Wildman–Crippen LogP) is 0.771. The van der Waals surface area contributed by atoms with E-state index in [0.717, 1.165) is 9.13 Å². The molecule has 1 aromatic heterocycles. The summed E-state index contributed by atoms with van der Waals surface area (Å²) in [6.45, 7) is 0.0400. The molecule has 0 saturated heterocycles. The van der Waals surface area contributed by atoms with Crippen molar-refractivity contribution in [2.75, 3.05) is 0 Å². The van der Waals surface area contributed by atoms with Gasteiger partial charge in [0.15, 0.2) is 0 Å². The maximum Gasteiger partial charge on any atom is 0.321 e. The van der Waals surface area contributed by atoms with E-state index in [1.54, 1.807) is 0 Å². The Morgan fingerprint density at radius 1 is 1.11 bits per heavy atom. The minimum absolute atomic E-state index is 0.0400. The topological polar surface area (TPSA) is 44.0 Å². The lowest BCUT2D eigenvalue weighted by Crippen LogP contribution is -2.39. The van der Waals surface area contributed by atoms with Crippen LogP contribution in [-0.2, 0) is 6.54 Å². The number of hydrogen-bond acceptors (Lipinski definition) is 2. The van der Waals surface area contributed by atoms with Crippen LogP contribution < -0.4 is 11.1 Å². The third-order valence-corrected chi connectivity index (χ3v) is 2.42. The quantitative estimate of drug-likeness (QED) is 0.578. The van der Waals surface area contributed by atoms with E-state index in [9.17, 15) is 14.0 Å². The van der Waals surface area contributed by atoms with Gasteiger partial charge in [-0.2, -0.15) is 0 Å². The van der Waals surface area contributed by atoms with Gasteiger partial charge in [0.25, 0.3) is 0 Å². The summed E-state index contributed by atoms with van der Waals surface area (Å²) in [5, 5.41) is 0. The first-order valence-corrected chi connectivity index (χ1v) is 5.15. The normalized spacial score (nSPS) is 10.0. The van der Waals surface area contributed by atoms with Gasteiger partial charge in [0.05, 0.1) is 6.54 Å². The van der Waals surface area contributed by atoms with E-state index in [1.165, 1.54) is 36.7 Å². The van der Waals surface area contributed by atoms with Crippen LogP contribution in [-0.4, -0.2) is 9.13 Å². The molecule has 0 spiro atoms. The Morgan fingerprint density at radius 3 is 2.39 bits per heavy atom. The molecule has 90 valence electrons. The summed E-state index contributed by atoms with van der Waals surface area (Å²) in [4.78, 5) is 23.5. The molecule has 0 unspecified atom stereocenters. The van der Waals surface area contributed by atoms with Gasteiger partial charge in [-0.1, -0.05) is 5.92 Å². The SMILES string of the molecule is C#CCn1ccn(-c2ccc(F)cc2)c(=O)c1=O. The van der Waals surface area contributed by atoms with Gasteiger partial charge in [0.1, 0.15) is 5.82 Å². The molecule has 0 amide bonds. The van der Waals surface area contributed by atoms with Gasteiger partial charge in [-0.3, -0.25) is 18.7 Å².